The second-order valence-electron chi connectivity index (χ2n) is 6.52. The molecule has 1 atom stereocenters. The highest BCUT2D eigenvalue weighted by atomic mass is 32.2. The van der Waals surface area contributed by atoms with Crippen LogP contribution in [0.1, 0.15) is 48.1 Å². The third-order valence-corrected chi connectivity index (χ3v) is 6.15. The summed E-state index contributed by atoms with van der Waals surface area (Å²) >= 11 is 1.01. The number of carbonyl (C=O) groups excluding carboxylic acids is 1. The van der Waals surface area contributed by atoms with Gasteiger partial charge in [-0.25, -0.2) is 13.2 Å². The zero-order chi connectivity index (χ0) is 18.4. The number of hydrogen-bond donors (Lipinski definition) is 2. The average Bonchev–Trinajstić information content (AvgIpc) is 3.20. The summed E-state index contributed by atoms with van der Waals surface area (Å²) in [6, 6.07) is 2.00. The maximum absolute atomic E-state index is 14.4. The van der Waals surface area contributed by atoms with Crippen molar-refractivity contribution >= 4 is 23.5 Å². The van der Waals surface area contributed by atoms with Crippen molar-refractivity contribution in [2.24, 2.45) is 0 Å². The van der Waals surface area contributed by atoms with Crippen LogP contribution in [-0.4, -0.2) is 21.4 Å². The van der Waals surface area contributed by atoms with E-state index in [2.05, 4.69) is 10.4 Å². The number of carbonyl (C=O) groups is 1. The third kappa shape index (κ3) is 2.74. The minimum atomic E-state index is -1.58. The fourth-order valence-electron chi connectivity index (χ4n) is 3.67. The SMILES string of the molecule is O=C1CS[C@H](c2ccc(F)c(F)c2F)c2c(n(C3CCCC3)[nH]c2=O)N1. The van der Waals surface area contributed by atoms with Crippen molar-refractivity contribution < 1.29 is 18.0 Å². The van der Waals surface area contributed by atoms with Gasteiger partial charge in [-0.15, -0.1) is 11.8 Å². The maximum atomic E-state index is 14.4. The number of halogens is 3. The normalized spacial score (nSPS) is 20.7. The van der Waals surface area contributed by atoms with Gasteiger partial charge in [0.1, 0.15) is 5.82 Å². The highest BCUT2D eigenvalue weighted by molar-refractivity contribution is 8.00. The number of aromatic amines is 1. The molecule has 5 nitrogen and oxygen atoms in total. The van der Waals surface area contributed by atoms with Gasteiger partial charge < -0.3 is 5.32 Å². The van der Waals surface area contributed by atoms with Crippen LogP contribution in [0, 0.1) is 17.5 Å². The molecule has 2 aliphatic rings. The molecule has 1 aliphatic carbocycles. The smallest absolute Gasteiger partial charge is 0.270 e. The van der Waals surface area contributed by atoms with Crippen LogP contribution >= 0.6 is 11.8 Å². The molecule has 0 spiro atoms. The molecule has 1 aromatic carbocycles. The van der Waals surface area contributed by atoms with E-state index in [0.29, 0.717) is 5.82 Å². The van der Waals surface area contributed by atoms with Gasteiger partial charge in [0.05, 0.1) is 22.6 Å². The van der Waals surface area contributed by atoms with Crippen LogP contribution in [0.4, 0.5) is 19.0 Å². The van der Waals surface area contributed by atoms with Gasteiger partial charge in [-0.2, -0.15) is 0 Å². The number of nitrogens with one attached hydrogen (secondary N) is 2. The molecular formula is C17H16F3N3O2S. The molecule has 138 valence electrons. The van der Waals surface area contributed by atoms with Crippen LogP contribution in [0.25, 0.3) is 0 Å². The molecule has 1 fully saturated rings. The Bertz CT molecular complexity index is 934. The second-order valence-corrected chi connectivity index (χ2v) is 7.61. The second kappa shape index (κ2) is 6.53. The summed E-state index contributed by atoms with van der Waals surface area (Å²) in [5.74, 6) is -4.27. The van der Waals surface area contributed by atoms with Crippen molar-refractivity contribution in [2.75, 3.05) is 11.1 Å². The van der Waals surface area contributed by atoms with Gasteiger partial charge in [0.25, 0.3) is 5.56 Å². The molecular weight excluding hydrogens is 367 g/mol. The van der Waals surface area contributed by atoms with Gasteiger partial charge in [0.15, 0.2) is 17.5 Å². The van der Waals surface area contributed by atoms with Crippen molar-refractivity contribution in [1.82, 2.24) is 9.78 Å². The minimum Gasteiger partial charge on any atom is -0.310 e. The molecule has 0 bridgehead atoms. The van der Waals surface area contributed by atoms with Crippen LogP contribution in [0.5, 0.6) is 0 Å². The van der Waals surface area contributed by atoms with Crippen molar-refractivity contribution in [3.8, 4) is 0 Å². The monoisotopic (exact) mass is 383 g/mol. The number of thioether (sulfide) groups is 1. The molecule has 0 unspecified atom stereocenters. The third-order valence-electron chi connectivity index (χ3n) is 4.90. The number of benzene rings is 1. The van der Waals surface area contributed by atoms with Gasteiger partial charge >= 0.3 is 0 Å². The number of fused-ring (bicyclic) bond motifs is 1. The van der Waals surface area contributed by atoms with Crippen molar-refractivity contribution in [2.45, 2.75) is 37.0 Å². The molecule has 0 saturated heterocycles. The number of nitrogens with zero attached hydrogens (tertiary/aromatic N) is 1. The molecule has 26 heavy (non-hydrogen) atoms. The first kappa shape index (κ1) is 17.3. The lowest BCUT2D eigenvalue weighted by Crippen LogP contribution is -2.18. The lowest BCUT2D eigenvalue weighted by Gasteiger charge is -2.17. The first-order valence-electron chi connectivity index (χ1n) is 8.36. The zero-order valence-electron chi connectivity index (χ0n) is 13.7. The van der Waals surface area contributed by atoms with E-state index >= 15 is 0 Å². The molecule has 1 saturated carbocycles. The van der Waals surface area contributed by atoms with E-state index < -0.39 is 28.3 Å². The van der Waals surface area contributed by atoms with E-state index in [1.165, 1.54) is 0 Å². The molecule has 2 heterocycles. The molecule has 1 amide bonds. The Hall–Kier alpha value is -2.16. The van der Waals surface area contributed by atoms with Gasteiger partial charge in [-0.3, -0.25) is 19.4 Å². The summed E-state index contributed by atoms with van der Waals surface area (Å²) in [5.41, 5.74) is -0.449. The number of hydrogen-bond acceptors (Lipinski definition) is 3. The van der Waals surface area contributed by atoms with Crippen LogP contribution in [0.2, 0.25) is 0 Å². The molecule has 9 heteroatoms. The molecule has 2 aromatic rings. The zero-order valence-corrected chi connectivity index (χ0v) is 14.5. The number of anilines is 1. The Balaban J connectivity index is 1.88. The molecule has 4 rings (SSSR count). The molecule has 1 aromatic heterocycles. The lowest BCUT2D eigenvalue weighted by molar-refractivity contribution is -0.113. The van der Waals surface area contributed by atoms with Crippen molar-refractivity contribution in [1.29, 1.82) is 0 Å². The van der Waals surface area contributed by atoms with Crippen LogP contribution < -0.4 is 10.9 Å². The van der Waals surface area contributed by atoms with E-state index in [-0.39, 0.29) is 28.8 Å². The summed E-state index contributed by atoms with van der Waals surface area (Å²) in [4.78, 5) is 24.7. The topological polar surface area (TPSA) is 66.9 Å². The fraction of sp³-hybridized carbons (Fsp3) is 0.412. The standard InChI is InChI=1S/C17H16F3N3O2S/c18-10-6-5-9(13(19)14(10)20)15-12-16(21-11(24)7-26-15)23(22-17(12)25)8-3-1-2-4-8/h5-6,8,15H,1-4,7H2,(H,21,24)(H,22,25)/t15-/m1/s1. The Morgan fingerprint density at radius 2 is 1.81 bits per heavy atom. The quantitative estimate of drug-likeness (QED) is 0.781. The van der Waals surface area contributed by atoms with Gasteiger partial charge in [-0.05, 0) is 18.9 Å². The van der Waals surface area contributed by atoms with Gasteiger partial charge in [-0.1, -0.05) is 18.9 Å². The Labute approximate surface area is 150 Å². The average molecular weight is 383 g/mol. The van der Waals surface area contributed by atoms with Crippen LogP contribution in [-0.2, 0) is 4.79 Å². The van der Waals surface area contributed by atoms with E-state index in [1.807, 2.05) is 0 Å². The predicted molar refractivity (Wildman–Crippen MR) is 91.8 cm³/mol. The number of aromatic nitrogens is 2. The van der Waals surface area contributed by atoms with Crippen molar-refractivity contribution in [3.05, 3.63) is 51.1 Å². The molecule has 2 N–H and O–H groups in total. The summed E-state index contributed by atoms with van der Waals surface area (Å²) in [5, 5.41) is 4.54. The van der Waals surface area contributed by atoms with E-state index in [9.17, 15) is 22.8 Å². The maximum Gasteiger partial charge on any atom is 0.270 e. The van der Waals surface area contributed by atoms with Crippen LogP contribution in [0.15, 0.2) is 16.9 Å². The van der Waals surface area contributed by atoms with Crippen molar-refractivity contribution in [3.63, 3.8) is 0 Å². The number of H-pyrrole nitrogens is 1. The lowest BCUT2D eigenvalue weighted by atomic mass is 10.0. The summed E-state index contributed by atoms with van der Waals surface area (Å²) in [6.07, 6.45) is 3.77. The number of rotatable bonds is 2. The Morgan fingerprint density at radius 3 is 2.54 bits per heavy atom. The highest BCUT2D eigenvalue weighted by Crippen LogP contribution is 2.43. The van der Waals surface area contributed by atoms with E-state index in [4.69, 9.17) is 0 Å². The Kier molecular flexibility index (Phi) is 4.34. The van der Waals surface area contributed by atoms with Gasteiger partial charge in [0.2, 0.25) is 5.91 Å². The summed E-state index contributed by atoms with van der Waals surface area (Å²) < 4.78 is 43.0. The van der Waals surface area contributed by atoms with E-state index in [1.54, 1.807) is 4.68 Å². The summed E-state index contributed by atoms with van der Waals surface area (Å²) in [7, 11) is 0. The first-order valence-corrected chi connectivity index (χ1v) is 9.41. The first-order chi connectivity index (χ1) is 12.5. The van der Waals surface area contributed by atoms with E-state index in [0.717, 1.165) is 49.6 Å². The fourth-order valence-corrected chi connectivity index (χ4v) is 4.81. The molecule has 0 radical (unpaired) electrons. The summed E-state index contributed by atoms with van der Waals surface area (Å²) in [6.45, 7) is 0. The highest BCUT2D eigenvalue weighted by Gasteiger charge is 2.34. The minimum absolute atomic E-state index is 0.0259. The number of amides is 1. The van der Waals surface area contributed by atoms with Gasteiger partial charge in [0, 0.05) is 5.56 Å². The largest absolute Gasteiger partial charge is 0.310 e. The van der Waals surface area contributed by atoms with Crippen LogP contribution in [0.3, 0.4) is 0 Å². The Morgan fingerprint density at radius 1 is 1.08 bits per heavy atom. The predicted octanol–water partition coefficient (Wildman–Crippen LogP) is 3.48. The molecule has 1 aliphatic heterocycles.